The van der Waals surface area contributed by atoms with Gasteiger partial charge in [0.05, 0.1) is 13.2 Å². The van der Waals surface area contributed by atoms with E-state index in [0.29, 0.717) is 42.1 Å². The molecule has 0 radical (unpaired) electrons. The van der Waals surface area contributed by atoms with E-state index in [-0.39, 0.29) is 5.91 Å². The topological polar surface area (TPSA) is 89.1 Å². The zero-order chi connectivity index (χ0) is 14.9. The largest absolute Gasteiger partial charge is 0.490 e. The van der Waals surface area contributed by atoms with Crippen LogP contribution in [-0.2, 0) is 0 Å². The second-order valence-corrected chi connectivity index (χ2v) is 5.48. The fourth-order valence-electron chi connectivity index (χ4n) is 2.35. The van der Waals surface area contributed by atoms with Gasteiger partial charge in [0.25, 0.3) is 5.91 Å². The number of aromatic amines is 1. The number of carbonyl (C=O) groups is 1. The average molecular weight is 300 g/mol. The monoisotopic (exact) mass is 300 g/mol. The van der Waals surface area contributed by atoms with Crippen LogP contribution in [0.25, 0.3) is 0 Å². The van der Waals surface area contributed by atoms with Crippen LogP contribution in [0.4, 0.5) is 5.95 Å². The summed E-state index contributed by atoms with van der Waals surface area (Å²) < 4.78 is 11.1. The molecule has 1 amide bonds. The highest BCUT2D eigenvalue weighted by Crippen LogP contribution is 2.38. The number of nitrogens with zero attached hydrogens (tertiary/aromatic N) is 2. The van der Waals surface area contributed by atoms with Crippen molar-refractivity contribution in [3.05, 3.63) is 29.6 Å². The summed E-state index contributed by atoms with van der Waals surface area (Å²) in [5.74, 6) is 2.61. The van der Waals surface area contributed by atoms with Crippen molar-refractivity contribution in [2.75, 3.05) is 18.5 Å². The number of amides is 1. The molecule has 0 unspecified atom stereocenters. The molecule has 1 aliphatic heterocycles. The fourth-order valence-corrected chi connectivity index (χ4v) is 2.35. The summed E-state index contributed by atoms with van der Waals surface area (Å²) in [6.45, 7) is 1.21. The maximum absolute atomic E-state index is 12.3. The Kier molecular flexibility index (Phi) is 3.17. The molecule has 1 aromatic heterocycles. The molecule has 22 heavy (non-hydrogen) atoms. The van der Waals surface area contributed by atoms with Gasteiger partial charge in [-0.3, -0.25) is 15.2 Å². The van der Waals surface area contributed by atoms with E-state index in [1.807, 2.05) is 0 Å². The van der Waals surface area contributed by atoms with E-state index in [4.69, 9.17) is 9.47 Å². The third-order valence-electron chi connectivity index (χ3n) is 3.70. The number of hydrogen-bond acceptors (Lipinski definition) is 5. The van der Waals surface area contributed by atoms with E-state index in [1.165, 1.54) is 0 Å². The molecule has 1 aromatic carbocycles. The van der Waals surface area contributed by atoms with Gasteiger partial charge in [0.1, 0.15) is 5.82 Å². The van der Waals surface area contributed by atoms with E-state index < -0.39 is 0 Å². The van der Waals surface area contributed by atoms with Crippen LogP contribution in [0.1, 0.15) is 41.4 Å². The molecule has 1 aliphatic carbocycles. The number of benzene rings is 1. The van der Waals surface area contributed by atoms with Crippen LogP contribution in [0.15, 0.2) is 18.2 Å². The van der Waals surface area contributed by atoms with Gasteiger partial charge in [-0.05, 0) is 31.0 Å². The van der Waals surface area contributed by atoms with E-state index in [1.54, 1.807) is 18.2 Å². The van der Waals surface area contributed by atoms with Crippen molar-refractivity contribution in [3.8, 4) is 11.5 Å². The normalized spacial score (nSPS) is 16.9. The third-order valence-corrected chi connectivity index (χ3v) is 3.70. The van der Waals surface area contributed by atoms with Crippen molar-refractivity contribution in [3.63, 3.8) is 0 Å². The molecule has 1 saturated carbocycles. The van der Waals surface area contributed by atoms with Crippen LogP contribution in [0.2, 0.25) is 0 Å². The van der Waals surface area contributed by atoms with Gasteiger partial charge in [0, 0.05) is 17.9 Å². The number of carbonyl (C=O) groups excluding carboxylic acids is 1. The van der Waals surface area contributed by atoms with Gasteiger partial charge in [-0.15, -0.1) is 5.10 Å². The van der Waals surface area contributed by atoms with Crippen LogP contribution >= 0.6 is 0 Å². The summed E-state index contributed by atoms with van der Waals surface area (Å²) in [5, 5.41) is 9.58. The molecule has 7 nitrogen and oxygen atoms in total. The van der Waals surface area contributed by atoms with Crippen LogP contribution < -0.4 is 14.8 Å². The summed E-state index contributed by atoms with van der Waals surface area (Å²) in [5.41, 5.74) is 0.488. The number of fused-ring (bicyclic) bond motifs is 1. The average Bonchev–Trinajstić information content (AvgIpc) is 3.31. The lowest BCUT2D eigenvalue weighted by atomic mass is 10.2. The number of aromatic nitrogens is 3. The Morgan fingerprint density at radius 3 is 2.86 bits per heavy atom. The number of nitrogens with one attached hydrogen (secondary N) is 2. The van der Waals surface area contributed by atoms with Crippen LogP contribution in [0.3, 0.4) is 0 Å². The molecule has 0 atom stereocenters. The molecule has 0 bridgehead atoms. The Hall–Kier alpha value is -2.57. The molecule has 114 valence electrons. The minimum absolute atomic E-state index is 0.267. The molecule has 0 spiro atoms. The van der Waals surface area contributed by atoms with Crippen LogP contribution in [-0.4, -0.2) is 34.3 Å². The van der Waals surface area contributed by atoms with Gasteiger partial charge in [-0.1, -0.05) is 0 Å². The van der Waals surface area contributed by atoms with Crippen molar-refractivity contribution >= 4 is 11.9 Å². The smallest absolute Gasteiger partial charge is 0.258 e. The Morgan fingerprint density at radius 2 is 2.05 bits per heavy atom. The van der Waals surface area contributed by atoms with Crippen LogP contribution in [0.5, 0.6) is 11.5 Å². The summed E-state index contributed by atoms with van der Waals surface area (Å²) in [7, 11) is 0. The summed E-state index contributed by atoms with van der Waals surface area (Å²) in [6.07, 6.45) is 3.09. The van der Waals surface area contributed by atoms with Crippen molar-refractivity contribution in [2.24, 2.45) is 0 Å². The predicted octanol–water partition coefficient (Wildman–Crippen LogP) is 2.10. The Morgan fingerprint density at radius 1 is 1.23 bits per heavy atom. The zero-order valence-corrected chi connectivity index (χ0v) is 12.0. The third kappa shape index (κ3) is 2.61. The maximum atomic E-state index is 12.3. The number of anilines is 1. The van der Waals surface area contributed by atoms with E-state index in [9.17, 15) is 4.79 Å². The first-order valence-corrected chi connectivity index (χ1v) is 7.43. The lowest BCUT2D eigenvalue weighted by Gasteiger charge is -2.08. The molecule has 2 aliphatic rings. The zero-order valence-electron chi connectivity index (χ0n) is 12.0. The summed E-state index contributed by atoms with van der Waals surface area (Å²) in [4.78, 5) is 16.6. The lowest BCUT2D eigenvalue weighted by Crippen LogP contribution is -2.13. The number of rotatable bonds is 3. The van der Waals surface area contributed by atoms with Gasteiger partial charge in [-0.2, -0.15) is 4.98 Å². The predicted molar refractivity (Wildman–Crippen MR) is 78.4 cm³/mol. The van der Waals surface area contributed by atoms with Gasteiger partial charge in [-0.25, -0.2) is 0 Å². The van der Waals surface area contributed by atoms with Crippen molar-refractivity contribution in [1.29, 1.82) is 0 Å². The SMILES string of the molecule is O=C(Nc1n[nH]c(C2CC2)n1)c1ccc2c(c1)OCCCO2. The van der Waals surface area contributed by atoms with Crippen LogP contribution in [0, 0.1) is 0 Å². The molecule has 2 aromatic rings. The lowest BCUT2D eigenvalue weighted by molar-refractivity contribution is 0.102. The van der Waals surface area contributed by atoms with Gasteiger partial charge >= 0.3 is 0 Å². The Labute approximate surface area is 127 Å². The standard InChI is InChI=1S/C15H16N4O3/c20-14(17-15-16-13(18-19-15)9-2-3-9)10-4-5-11-12(8-10)22-7-1-6-21-11/h4-5,8-9H,1-3,6-7H2,(H2,16,17,18,19,20). The number of ether oxygens (including phenoxy) is 2. The van der Waals surface area contributed by atoms with E-state index in [2.05, 4.69) is 20.5 Å². The maximum Gasteiger partial charge on any atom is 0.258 e. The molecule has 7 heteroatoms. The molecule has 0 saturated heterocycles. The molecular formula is C15H16N4O3. The minimum atomic E-state index is -0.267. The van der Waals surface area contributed by atoms with E-state index >= 15 is 0 Å². The second kappa shape index (κ2) is 5.32. The van der Waals surface area contributed by atoms with E-state index in [0.717, 1.165) is 25.1 Å². The first-order chi connectivity index (χ1) is 10.8. The molecule has 4 rings (SSSR count). The fraction of sp³-hybridized carbons (Fsp3) is 0.400. The Balaban J connectivity index is 1.50. The second-order valence-electron chi connectivity index (χ2n) is 5.48. The van der Waals surface area contributed by atoms with Crippen molar-refractivity contribution in [1.82, 2.24) is 15.2 Å². The first-order valence-electron chi connectivity index (χ1n) is 7.43. The van der Waals surface area contributed by atoms with Gasteiger partial charge in [0.15, 0.2) is 11.5 Å². The van der Waals surface area contributed by atoms with Crippen molar-refractivity contribution in [2.45, 2.75) is 25.2 Å². The quantitative estimate of drug-likeness (QED) is 0.906. The highest BCUT2D eigenvalue weighted by atomic mass is 16.5. The summed E-state index contributed by atoms with van der Waals surface area (Å²) >= 11 is 0. The first kappa shape index (κ1) is 13.1. The minimum Gasteiger partial charge on any atom is -0.490 e. The summed E-state index contributed by atoms with van der Waals surface area (Å²) in [6, 6.07) is 5.14. The molecule has 2 N–H and O–H groups in total. The molecular weight excluding hydrogens is 284 g/mol. The Bertz CT molecular complexity index is 709. The van der Waals surface area contributed by atoms with Crippen molar-refractivity contribution < 1.29 is 14.3 Å². The number of H-pyrrole nitrogens is 1. The highest BCUT2D eigenvalue weighted by molar-refractivity contribution is 6.03. The van der Waals surface area contributed by atoms with Gasteiger partial charge in [0.2, 0.25) is 5.95 Å². The molecule has 2 heterocycles. The molecule has 1 fully saturated rings. The number of hydrogen-bond donors (Lipinski definition) is 2. The van der Waals surface area contributed by atoms with Gasteiger partial charge < -0.3 is 9.47 Å². The highest BCUT2D eigenvalue weighted by Gasteiger charge is 2.27.